The van der Waals surface area contributed by atoms with E-state index >= 15 is 0 Å². The van der Waals surface area contributed by atoms with Gasteiger partial charge in [0.15, 0.2) is 11.5 Å². The lowest BCUT2D eigenvalue weighted by Gasteiger charge is -2.39. The molecule has 3 aromatic carbocycles. The minimum absolute atomic E-state index is 0.0252. The number of ether oxygens (including phenoxy) is 5. The van der Waals surface area contributed by atoms with Crippen molar-refractivity contribution in [1.82, 2.24) is 0 Å². The number of aliphatic hydroxyl groups excluding tert-OH is 3. The summed E-state index contributed by atoms with van der Waals surface area (Å²) in [5, 5.41) is 61.0. The van der Waals surface area contributed by atoms with Crippen LogP contribution in [0.2, 0.25) is 0 Å². The predicted molar refractivity (Wildman–Crippen MR) is 144 cm³/mol. The van der Waals surface area contributed by atoms with Gasteiger partial charge in [0.25, 0.3) is 0 Å². The summed E-state index contributed by atoms with van der Waals surface area (Å²) in [6.07, 6.45) is -4.39. The molecule has 0 spiro atoms. The van der Waals surface area contributed by atoms with Crippen LogP contribution in [0.3, 0.4) is 0 Å². The molecular formula is C29H30O12. The fourth-order valence-electron chi connectivity index (χ4n) is 4.09. The Hall–Kier alpha value is -4.49. The molecule has 1 aliphatic heterocycles. The van der Waals surface area contributed by atoms with Gasteiger partial charge in [-0.1, -0.05) is 24.3 Å². The number of phenols is 3. The molecule has 0 aromatic heterocycles. The number of aliphatic hydroxyl groups is 3. The number of hydrogen-bond acceptors (Lipinski definition) is 12. The molecule has 1 heterocycles. The van der Waals surface area contributed by atoms with Gasteiger partial charge in [-0.2, -0.15) is 0 Å². The van der Waals surface area contributed by atoms with Crippen molar-refractivity contribution < 1.29 is 59.1 Å². The van der Waals surface area contributed by atoms with Gasteiger partial charge in [-0.25, -0.2) is 4.79 Å². The highest BCUT2D eigenvalue weighted by atomic mass is 16.7. The van der Waals surface area contributed by atoms with Gasteiger partial charge in [0.2, 0.25) is 12.0 Å². The van der Waals surface area contributed by atoms with Crippen LogP contribution in [0, 0.1) is 0 Å². The number of hydrogen-bond donors (Lipinski definition) is 6. The molecule has 41 heavy (non-hydrogen) atoms. The molecule has 4 rings (SSSR count). The molecule has 0 aliphatic carbocycles. The van der Waals surface area contributed by atoms with E-state index in [-0.39, 0.29) is 40.1 Å². The first-order valence-electron chi connectivity index (χ1n) is 12.4. The molecule has 6 N–H and O–H groups in total. The van der Waals surface area contributed by atoms with Crippen molar-refractivity contribution in [1.29, 1.82) is 0 Å². The Kier molecular flexibility index (Phi) is 9.20. The summed E-state index contributed by atoms with van der Waals surface area (Å²) in [5.41, 5.74) is 1.30. The lowest BCUT2D eigenvalue weighted by Crippen LogP contribution is -2.60. The molecule has 0 radical (unpaired) electrons. The van der Waals surface area contributed by atoms with Crippen LogP contribution in [-0.2, 0) is 9.47 Å². The second-order valence-corrected chi connectivity index (χ2v) is 9.15. The molecule has 0 saturated carbocycles. The highest BCUT2D eigenvalue weighted by Gasteiger charge is 2.45. The third-order valence-corrected chi connectivity index (χ3v) is 6.29. The number of carbonyl (C=O) groups excluding carboxylic acids is 1. The van der Waals surface area contributed by atoms with Crippen LogP contribution in [-0.4, -0.2) is 88.1 Å². The van der Waals surface area contributed by atoms with E-state index < -0.39 is 43.3 Å². The van der Waals surface area contributed by atoms with Crippen LogP contribution in [0.5, 0.6) is 34.5 Å². The molecule has 1 aliphatic rings. The van der Waals surface area contributed by atoms with Crippen LogP contribution in [0.25, 0.3) is 12.2 Å². The second kappa shape index (κ2) is 12.8. The number of esters is 1. The SMILES string of the molecule is COc1cc(C(=O)OC[C@H]2O[C@H](Oc3cc(O)cc(/C=C\c4ccc(O)cc4)c3)[C@H](O)[C@@H](O)[C@@H]2O)cc(OC)c1O. The van der Waals surface area contributed by atoms with Gasteiger partial charge in [0.1, 0.15) is 48.3 Å². The monoisotopic (exact) mass is 570 g/mol. The van der Waals surface area contributed by atoms with Gasteiger partial charge in [0.05, 0.1) is 19.8 Å². The third kappa shape index (κ3) is 6.99. The van der Waals surface area contributed by atoms with E-state index in [2.05, 4.69) is 0 Å². The molecule has 1 fully saturated rings. The van der Waals surface area contributed by atoms with Gasteiger partial charge >= 0.3 is 5.97 Å². The average molecular weight is 571 g/mol. The van der Waals surface area contributed by atoms with Crippen LogP contribution in [0.15, 0.2) is 54.6 Å². The quantitative estimate of drug-likeness (QED) is 0.163. The van der Waals surface area contributed by atoms with Crippen LogP contribution < -0.4 is 14.2 Å². The topological polar surface area (TPSA) is 185 Å². The minimum atomic E-state index is -1.71. The maximum absolute atomic E-state index is 12.7. The molecule has 1 saturated heterocycles. The number of benzene rings is 3. The van der Waals surface area contributed by atoms with Gasteiger partial charge in [-0.05, 0) is 47.5 Å². The normalized spacial score (nSPS) is 22.3. The number of phenolic OH excluding ortho intramolecular Hbond substituents is 3. The lowest BCUT2D eigenvalue weighted by atomic mass is 9.99. The Labute approximate surface area is 234 Å². The Morgan fingerprint density at radius 1 is 0.805 bits per heavy atom. The summed E-state index contributed by atoms with van der Waals surface area (Å²) in [7, 11) is 2.59. The molecule has 3 aromatic rings. The second-order valence-electron chi connectivity index (χ2n) is 9.15. The van der Waals surface area contributed by atoms with E-state index in [1.54, 1.807) is 30.4 Å². The Bertz CT molecular complexity index is 1360. The Morgan fingerprint density at radius 3 is 2.07 bits per heavy atom. The number of rotatable bonds is 9. The smallest absolute Gasteiger partial charge is 0.338 e. The zero-order valence-electron chi connectivity index (χ0n) is 22.1. The zero-order chi connectivity index (χ0) is 29.7. The number of carbonyl (C=O) groups is 1. The van der Waals surface area contributed by atoms with Crippen molar-refractivity contribution in [2.75, 3.05) is 20.8 Å². The van der Waals surface area contributed by atoms with Gasteiger partial charge in [0, 0.05) is 6.07 Å². The molecule has 0 amide bonds. The molecule has 0 bridgehead atoms. The summed E-state index contributed by atoms with van der Waals surface area (Å²) in [4.78, 5) is 12.7. The molecule has 12 heteroatoms. The summed E-state index contributed by atoms with van der Waals surface area (Å²) < 4.78 is 26.6. The van der Waals surface area contributed by atoms with Crippen LogP contribution >= 0.6 is 0 Å². The van der Waals surface area contributed by atoms with Gasteiger partial charge in [-0.15, -0.1) is 0 Å². The molecule has 5 atom stereocenters. The molecule has 0 unspecified atom stereocenters. The van der Waals surface area contributed by atoms with E-state index in [0.717, 1.165) is 5.56 Å². The Morgan fingerprint density at radius 2 is 1.44 bits per heavy atom. The van der Waals surface area contributed by atoms with Crippen LogP contribution in [0.1, 0.15) is 21.5 Å². The standard InChI is InChI=1S/C29H30O12/c1-37-21-11-17(12-22(38-2)24(21)32)28(36)39-14-23-25(33)26(34)27(35)29(41-23)40-20-10-16(9-19(31)13-20)4-3-15-5-7-18(30)8-6-15/h3-13,23,25-27,29-35H,14H2,1-2H3/b4-3-/t23-,25-,26+,27-,29+/m1/s1. The average Bonchev–Trinajstić information content (AvgIpc) is 2.96. The van der Waals surface area contributed by atoms with E-state index in [4.69, 9.17) is 23.7 Å². The van der Waals surface area contributed by atoms with E-state index in [1.807, 2.05) is 0 Å². The van der Waals surface area contributed by atoms with E-state index in [1.165, 1.54) is 50.6 Å². The van der Waals surface area contributed by atoms with Crippen molar-refractivity contribution >= 4 is 18.1 Å². The minimum Gasteiger partial charge on any atom is -0.508 e. The van der Waals surface area contributed by atoms with Crippen molar-refractivity contribution in [2.45, 2.75) is 30.7 Å². The first-order chi connectivity index (χ1) is 19.6. The number of methoxy groups -OCH3 is 2. The highest BCUT2D eigenvalue weighted by molar-refractivity contribution is 5.91. The van der Waals surface area contributed by atoms with E-state index in [9.17, 15) is 35.4 Å². The molecule has 12 nitrogen and oxygen atoms in total. The summed E-state index contributed by atoms with van der Waals surface area (Å²) >= 11 is 0. The fourth-order valence-corrected chi connectivity index (χ4v) is 4.09. The zero-order valence-corrected chi connectivity index (χ0v) is 22.1. The van der Waals surface area contributed by atoms with Crippen molar-refractivity contribution in [2.24, 2.45) is 0 Å². The summed E-state index contributed by atoms with van der Waals surface area (Å²) in [6, 6.07) is 13.2. The highest BCUT2D eigenvalue weighted by Crippen LogP contribution is 2.37. The summed E-state index contributed by atoms with van der Waals surface area (Å²) in [5.74, 6) is -1.16. The fraction of sp³-hybridized carbons (Fsp3) is 0.276. The maximum atomic E-state index is 12.7. The summed E-state index contributed by atoms with van der Waals surface area (Å²) in [6.45, 7) is -0.532. The van der Waals surface area contributed by atoms with Crippen LogP contribution in [0.4, 0.5) is 0 Å². The predicted octanol–water partition coefficient (Wildman–Crippen LogP) is 2.03. The Balaban J connectivity index is 1.45. The molecule has 218 valence electrons. The lowest BCUT2D eigenvalue weighted by molar-refractivity contribution is -0.277. The van der Waals surface area contributed by atoms with Gasteiger partial charge < -0.3 is 54.3 Å². The van der Waals surface area contributed by atoms with Gasteiger partial charge in [-0.3, -0.25) is 0 Å². The first-order valence-corrected chi connectivity index (χ1v) is 12.4. The maximum Gasteiger partial charge on any atom is 0.338 e. The number of aromatic hydroxyl groups is 3. The van der Waals surface area contributed by atoms with E-state index in [0.29, 0.717) is 5.56 Å². The first kappa shape index (κ1) is 29.5. The molecular weight excluding hydrogens is 540 g/mol. The largest absolute Gasteiger partial charge is 0.508 e. The van der Waals surface area contributed by atoms with Crippen molar-refractivity contribution in [3.8, 4) is 34.5 Å². The van der Waals surface area contributed by atoms with Crippen molar-refractivity contribution in [3.05, 3.63) is 71.3 Å². The third-order valence-electron chi connectivity index (χ3n) is 6.29. The van der Waals surface area contributed by atoms with Crippen molar-refractivity contribution in [3.63, 3.8) is 0 Å².